The van der Waals surface area contributed by atoms with Gasteiger partial charge in [0.1, 0.15) is 10.7 Å². The summed E-state index contributed by atoms with van der Waals surface area (Å²) in [5.41, 5.74) is 0.437. The Kier molecular flexibility index (Phi) is 7.18. The number of nitrogens with zero attached hydrogens (tertiary/aromatic N) is 4. The summed E-state index contributed by atoms with van der Waals surface area (Å²) in [6.45, 7) is 11.9. The van der Waals surface area contributed by atoms with Gasteiger partial charge in [0.15, 0.2) is 0 Å². The summed E-state index contributed by atoms with van der Waals surface area (Å²) in [5, 5.41) is 0. The molecule has 3 fully saturated rings. The molecule has 3 aliphatic heterocycles. The molecule has 0 aromatic carbocycles. The third-order valence-corrected chi connectivity index (χ3v) is 9.51. The molecule has 33 heavy (non-hydrogen) atoms. The lowest BCUT2D eigenvalue weighted by Gasteiger charge is -2.47. The van der Waals surface area contributed by atoms with E-state index in [0.717, 1.165) is 58.2 Å². The third-order valence-electron chi connectivity index (χ3n) is 7.68. The van der Waals surface area contributed by atoms with E-state index in [4.69, 9.17) is 0 Å². The molecule has 1 amide bonds. The quantitative estimate of drug-likeness (QED) is 0.644. The normalized spacial score (nSPS) is 23.2. The average Bonchev–Trinajstić information content (AvgIpc) is 2.79. The summed E-state index contributed by atoms with van der Waals surface area (Å²) in [4.78, 5) is 21.0. The molecule has 3 aliphatic rings. The van der Waals surface area contributed by atoms with Crippen LogP contribution in [0.15, 0.2) is 23.2 Å². The molecule has 8 heteroatoms. The first-order valence-corrected chi connectivity index (χ1v) is 14.0. The average molecular weight is 477 g/mol. The van der Waals surface area contributed by atoms with Gasteiger partial charge in [-0.25, -0.2) is 13.4 Å². The van der Waals surface area contributed by atoms with Crippen LogP contribution in [0.25, 0.3) is 0 Å². The van der Waals surface area contributed by atoms with Gasteiger partial charge in [-0.15, -0.1) is 0 Å². The number of sulfonamides is 1. The number of pyridine rings is 1. The van der Waals surface area contributed by atoms with Crippen LogP contribution in [0.3, 0.4) is 0 Å². The number of aromatic nitrogens is 1. The van der Waals surface area contributed by atoms with Crippen LogP contribution in [0.2, 0.25) is 0 Å². The molecule has 4 heterocycles. The highest BCUT2D eigenvalue weighted by Crippen LogP contribution is 2.41. The van der Waals surface area contributed by atoms with Crippen molar-refractivity contribution in [3.8, 4) is 0 Å². The largest absolute Gasteiger partial charge is 0.303 e. The lowest BCUT2D eigenvalue weighted by atomic mass is 9.73. The fraction of sp³-hybridized carbons (Fsp3) is 0.760. The van der Waals surface area contributed by atoms with Gasteiger partial charge in [-0.1, -0.05) is 20.8 Å². The van der Waals surface area contributed by atoms with Crippen molar-refractivity contribution in [2.24, 2.45) is 10.8 Å². The Hall–Kier alpha value is -1.51. The Morgan fingerprint density at radius 1 is 1.00 bits per heavy atom. The van der Waals surface area contributed by atoms with Gasteiger partial charge in [0, 0.05) is 32.3 Å². The fourth-order valence-corrected chi connectivity index (χ4v) is 6.94. The van der Waals surface area contributed by atoms with Crippen LogP contribution < -0.4 is 4.90 Å². The van der Waals surface area contributed by atoms with E-state index in [-0.39, 0.29) is 16.2 Å². The van der Waals surface area contributed by atoms with E-state index < -0.39 is 10.0 Å². The number of amides is 1. The molecular weight excluding hydrogens is 436 g/mol. The fourth-order valence-electron chi connectivity index (χ4n) is 5.40. The van der Waals surface area contributed by atoms with Crippen LogP contribution in [0.4, 0.5) is 5.82 Å². The van der Waals surface area contributed by atoms with Gasteiger partial charge in [0.2, 0.25) is 15.9 Å². The van der Waals surface area contributed by atoms with Crippen molar-refractivity contribution in [3.63, 3.8) is 0 Å². The van der Waals surface area contributed by atoms with Gasteiger partial charge in [-0.2, -0.15) is 4.31 Å². The van der Waals surface area contributed by atoms with Crippen molar-refractivity contribution in [3.05, 3.63) is 18.3 Å². The minimum atomic E-state index is -3.59. The molecule has 0 saturated carbocycles. The molecule has 1 aromatic heterocycles. The Balaban J connectivity index is 1.40. The van der Waals surface area contributed by atoms with Crippen molar-refractivity contribution in [1.82, 2.24) is 14.2 Å². The van der Waals surface area contributed by atoms with Crippen LogP contribution in [0, 0.1) is 10.8 Å². The van der Waals surface area contributed by atoms with Gasteiger partial charge >= 0.3 is 0 Å². The number of rotatable bonds is 5. The SMILES string of the molecule is CC(C)(C)CCN1CCC2(CCCN(S(=O)(=O)c3ccc(N4CCCCC4=O)nc3)C2)CC1. The van der Waals surface area contributed by atoms with E-state index in [0.29, 0.717) is 37.3 Å². The molecule has 0 radical (unpaired) electrons. The van der Waals surface area contributed by atoms with E-state index in [1.54, 1.807) is 21.3 Å². The van der Waals surface area contributed by atoms with Crippen LogP contribution in [0.5, 0.6) is 0 Å². The van der Waals surface area contributed by atoms with Crippen LogP contribution in [-0.4, -0.2) is 67.8 Å². The van der Waals surface area contributed by atoms with Crippen molar-refractivity contribution >= 4 is 21.7 Å². The van der Waals surface area contributed by atoms with Gasteiger partial charge in [-0.05, 0) is 87.5 Å². The van der Waals surface area contributed by atoms with Gasteiger partial charge in [0.25, 0.3) is 0 Å². The monoisotopic (exact) mass is 476 g/mol. The number of piperidine rings is 3. The predicted octanol–water partition coefficient (Wildman–Crippen LogP) is 3.90. The van der Waals surface area contributed by atoms with E-state index in [2.05, 4.69) is 30.7 Å². The summed E-state index contributed by atoms with van der Waals surface area (Å²) in [6.07, 6.45) is 9.18. The van der Waals surface area contributed by atoms with Crippen molar-refractivity contribution < 1.29 is 13.2 Å². The van der Waals surface area contributed by atoms with Crippen molar-refractivity contribution in [1.29, 1.82) is 0 Å². The first-order chi connectivity index (χ1) is 15.6. The lowest BCUT2D eigenvalue weighted by molar-refractivity contribution is -0.119. The second kappa shape index (κ2) is 9.62. The zero-order valence-electron chi connectivity index (χ0n) is 20.6. The molecule has 1 aromatic rings. The molecule has 0 unspecified atom stereocenters. The smallest absolute Gasteiger partial charge is 0.244 e. The Bertz CT molecular complexity index is 931. The van der Waals surface area contributed by atoms with E-state index >= 15 is 0 Å². The summed E-state index contributed by atoms with van der Waals surface area (Å²) < 4.78 is 28.6. The maximum Gasteiger partial charge on any atom is 0.244 e. The number of hydrogen-bond acceptors (Lipinski definition) is 5. The number of likely N-dealkylation sites (tertiary alicyclic amines) is 1. The maximum atomic E-state index is 13.4. The highest BCUT2D eigenvalue weighted by Gasteiger charge is 2.42. The minimum absolute atomic E-state index is 0.0659. The zero-order valence-corrected chi connectivity index (χ0v) is 21.4. The van der Waals surface area contributed by atoms with Gasteiger partial charge < -0.3 is 4.90 Å². The molecular formula is C25H40N4O3S. The molecule has 3 saturated heterocycles. The summed E-state index contributed by atoms with van der Waals surface area (Å²) >= 11 is 0. The predicted molar refractivity (Wildman–Crippen MR) is 131 cm³/mol. The summed E-state index contributed by atoms with van der Waals surface area (Å²) in [7, 11) is -3.59. The second-order valence-corrected chi connectivity index (χ2v) is 13.4. The Labute approximate surface area is 199 Å². The first-order valence-electron chi connectivity index (χ1n) is 12.6. The number of hydrogen-bond donors (Lipinski definition) is 0. The molecule has 7 nitrogen and oxygen atoms in total. The van der Waals surface area contributed by atoms with Crippen LogP contribution in [-0.2, 0) is 14.8 Å². The topological polar surface area (TPSA) is 73.8 Å². The lowest BCUT2D eigenvalue weighted by Crippen LogP contribution is -2.51. The molecule has 0 atom stereocenters. The highest BCUT2D eigenvalue weighted by molar-refractivity contribution is 7.89. The molecule has 184 valence electrons. The van der Waals surface area contributed by atoms with Crippen molar-refractivity contribution in [2.75, 3.05) is 44.2 Å². The van der Waals surface area contributed by atoms with Crippen molar-refractivity contribution in [2.45, 2.75) is 77.0 Å². The standard InChI is InChI=1S/C25H40N4O3S/c1-24(2,3)11-16-27-17-12-25(13-18-27)10-6-14-28(20-25)33(31,32)21-8-9-22(26-19-21)29-15-5-4-7-23(29)30/h8-9,19H,4-7,10-18,20H2,1-3H3. The summed E-state index contributed by atoms with van der Waals surface area (Å²) in [5.74, 6) is 0.618. The van der Waals surface area contributed by atoms with Crippen LogP contribution >= 0.6 is 0 Å². The van der Waals surface area contributed by atoms with E-state index in [9.17, 15) is 13.2 Å². The second-order valence-electron chi connectivity index (χ2n) is 11.4. The number of carbonyl (C=O) groups excluding carboxylic acids is 1. The third kappa shape index (κ3) is 5.77. The summed E-state index contributed by atoms with van der Waals surface area (Å²) in [6, 6.07) is 3.31. The highest BCUT2D eigenvalue weighted by atomic mass is 32.2. The Morgan fingerprint density at radius 2 is 1.76 bits per heavy atom. The molecule has 0 N–H and O–H groups in total. The first kappa shape index (κ1) is 24.6. The van der Waals surface area contributed by atoms with E-state index in [1.807, 2.05) is 0 Å². The van der Waals surface area contributed by atoms with Gasteiger partial charge in [0.05, 0.1) is 0 Å². The number of anilines is 1. The maximum absolute atomic E-state index is 13.4. The molecule has 0 bridgehead atoms. The zero-order chi connectivity index (χ0) is 23.7. The molecule has 4 rings (SSSR count). The molecule has 0 aliphatic carbocycles. The Morgan fingerprint density at radius 3 is 2.39 bits per heavy atom. The molecule has 1 spiro atoms. The number of carbonyl (C=O) groups is 1. The van der Waals surface area contributed by atoms with Gasteiger partial charge in [-0.3, -0.25) is 9.69 Å². The minimum Gasteiger partial charge on any atom is -0.303 e. The van der Waals surface area contributed by atoms with Crippen LogP contribution in [0.1, 0.15) is 72.1 Å². The van der Waals surface area contributed by atoms with E-state index in [1.165, 1.54) is 12.6 Å².